The molecule has 94 valence electrons. The summed E-state index contributed by atoms with van der Waals surface area (Å²) in [6.07, 6.45) is 0. The van der Waals surface area contributed by atoms with Crippen LogP contribution in [0, 0.1) is 5.82 Å². The molecule has 0 spiro atoms. The molecular formula is C14H12BrClFN. The SMILES string of the molecule is CNC(c1ccc(Cl)cc1)c1ccc(Br)cc1F. The van der Waals surface area contributed by atoms with Gasteiger partial charge in [0.25, 0.3) is 0 Å². The fraction of sp³-hybridized carbons (Fsp3) is 0.143. The molecule has 1 unspecified atom stereocenters. The highest BCUT2D eigenvalue weighted by Gasteiger charge is 2.16. The Morgan fingerprint density at radius 2 is 1.83 bits per heavy atom. The molecule has 0 aliphatic rings. The lowest BCUT2D eigenvalue weighted by Crippen LogP contribution is -2.18. The molecule has 0 aromatic heterocycles. The van der Waals surface area contributed by atoms with Crippen molar-refractivity contribution in [2.75, 3.05) is 7.05 Å². The fourth-order valence-corrected chi connectivity index (χ4v) is 2.35. The van der Waals surface area contributed by atoms with E-state index in [1.807, 2.05) is 18.2 Å². The van der Waals surface area contributed by atoms with Gasteiger partial charge in [-0.05, 0) is 36.9 Å². The summed E-state index contributed by atoms with van der Waals surface area (Å²) in [6, 6.07) is 12.3. The van der Waals surface area contributed by atoms with Gasteiger partial charge in [0.05, 0.1) is 6.04 Å². The van der Waals surface area contributed by atoms with Crippen LogP contribution in [0.2, 0.25) is 5.02 Å². The maximum absolute atomic E-state index is 14.0. The molecule has 0 heterocycles. The molecule has 0 radical (unpaired) electrons. The first-order chi connectivity index (χ1) is 8.61. The van der Waals surface area contributed by atoms with Crippen LogP contribution in [0.5, 0.6) is 0 Å². The first kappa shape index (κ1) is 13.5. The topological polar surface area (TPSA) is 12.0 Å². The molecule has 2 rings (SSSR count). The second-order valence-corrected chi connectivity index (χ2v) is 5.29. The Morgan fingerprint density at radius 1 is 1.17 bits per heavy atom. The van der Waals surface area contributed by atoms with Crippen molar-refractivity contribution in [2.45, 2.75) is 6.04 Å². The third-order valence-electron chi connectivity index (χ3n) is 2.77. The summed E-state index contributed by atoms with van der Waals surface area (Å²) < 4.78 is 14.7. The Labute approximate surface area is 119 Å². The summed E-state index contributed by atoms with van der Waals surface area (Å²) in [4.78, 5) is 0. The number of nitrogens with one attached hydrogen (secondary N) is 1. The molecule has 1 nitrogen and oxygen atoms in total. The van der Waals surface area contributed by atoms with E-state index in [1.54, 1.807) is 25.2 Å². The van der Waals surface area contributed by atoms with Gasteiger partial charge < -0.3 is 5.32 Å². The van der Waals surface area contributed by atoms with E-state index in [0.717, 1.165) is 10.0 Å². The van der Waals surface area contributed by atoms with Crippen molar-refractivity contribution in [1.82, 2.24) is 5.32 Å². The summed E-state index contributed by atoms with van der Waals surface area (Å²) in [6.45, 7) is 0. The third-order valence-corrected chi connectivity index (χ3v) is 3.51. The minimum atomic E-state index is -0.237. The van der Waals surface area contributed by atoms with E-state index >= 15 is 0 Å². The van der Waals surface area contributed by atoms with Crippen molar-refractivity contribution < 1.29 is 4.39 Å². The second kappa shape index (κ2) is 5.83. The first-order valence-corrected chi connectivity index (χ1v) is 6.66. The second-order valence-electron chi connectivity index (χ2n) is 3.94. The number of rotatable bonds is 3. The van der Waals surface area contributed by atoms with Crippen molar-refractivity contribution in [3.63, 3.8) is 0 Å². The van der Waals surface area contributed by atoms with Crippen LogP contribution in [0.1, 0.15) is 17.2 Å². The molecule has 0 aliphatic heterocycles. The average molecular weight is 329 g/mol. The van der Waals surface area contributed by atoms with Crippen LogP contribution in [0.3, 0.4) is 0 Å². The van der Waals surface area contributed by atoms with Crippen LogP contribution >= 0.6 is 27.5 Å². The van der Waals surface area contributed by atoms with E-state index in [9.17, 15) is 4.39 Å². The van der Waals surface area contributed by atoms with Crippen LogP contribution in [0.15, 0.2) is 46.9 Å². The zero-order valence-corrected chi connectivity index (χ0v) is 12.1. The Morgan fingerprint density at radius 3 is 2.39 bits per heavy atom. The minimum absolute atomic E-state index is 0.185. The Hall–Kier alpha value is -0.900. The monoisotopic (exact) mass is 327 g/mol. The summed E-state index contributed by atoms with van der Waals surface area (Å²) in [5, 5.41) is 3.79. The molecule has 18 heavy (non-hydrogen) atoms. The van der Waals surface area contributed by atoms with Crippen LogP contribution in [0.25, 0.3) is 0 Å². The zero-order chi connectivity index (χ0) is 13.1. The van der Waals surface area contributed by atoms with Gasteiger partial charge in [-0.3, -0.25) is 0 Å². The van der Waals surface area contributed by atoms with Crippen molar-refractivity contribution in [3.05, 3.63) is 68.9 Å². The molecule has 1 atom stereocenters. The largest absolute Gasteiger partial charge is 0.309 e. The van der Waals surface area contributed by atoms with E-state index in [-0.39, 0.29) is 11.9 Å². The van der Waals surface area contributed by atoms with Gasteiger partial charge >= 0.3 is 0 Å². The van der Waals surface area contributed by atoms with Gasteiger partial charge in [-0.2, -0.15) is 0 Å². The Kier molecular flexibility index (Phi) is 4.38. The first-order valence-electron chi connectivity index (χ1n) is 5.49. The summed E-state index contributed by atoms with van der Waals surface area (Å²) in [7, 11) is 1.81. The lowest BCUT2D eigenvalue weighted by atomic mass is 9.98. The maximum Gasteiger partial charge on any atom is 0.129 e. The predicted octanol–water partition coefficient (Wildman–Crippen LogP) is 4.55. The molecule has 0 bridgehead atoms. The smallest absolute Gasteiger partial charge is 0.129 e. The van der Waals surface area contributed by atoms with Crippen LogP contribution in [-0.2, 0) is 0 Å². The molecule has 0 fully saturated rings. The average Bonchev–Trinajstić information content (AvgIpc) is 2.35. The third kappa shape index (κ3) is 2.91. The molecule has 1 N–H and O–H groups in total. The van der Waals surface area contributed by atoms with Crippen molar-refractivity contribution in [1.29, 1.82) is 0 Å². The standard InChI is InChI=1S/C14H12BrClFN/c1-18-14(9-2-5-11(16)6-3-9)12-7-4-10(15)8-13(12)17/h2-8,14,18H,1H3. The van der Waals surface area contributed by atoms with Gasteiger partial charge in [-0.1, -0.05) is 45.7 Å². The zero-order valence-electron chi connectivity index (χ0n) is 9.75. The van der Waals surface area contributed by atoms with Crippen molar-refractivity contribution in [3.8, 4) is 0 Å². The summed E-state index contributed by atoms with van der Waals surface area (Å²) in [5.41, 5.74) is 1.59. The number of hydrogen-bond acceptors (Lipinski definition) is 1. The normalized spacial score (nSPS) is 12.4. The lowest BCUT2D eigenvalue weighted by molar-refractivity contribution is 0.575. The molecule has 0 aliphatic carbocycles. The lowest BCUT2D eigenvalue weighted by Gasteiger charge is -2.18. The molecular weight excluding hydrogens is 317 g/mol. The van der Waals surface area contributed by atoms with Gasteiger partial charge in [0.2, 0.25) is 0 Å². The van der Waals surface area contributed by atoms with Gasteiger partial charge in [0.15, 0.2) is 0 Å². The predicted molar refractivity (Wildman–Crippen MR) is 76.5 cm³/mol. The summed E-state index contributed by atoms with van der Waals surface area (Å²) >= 11 is 9.11. The maximum atomic E-state index is 14.0. The van der Waals surface area contributed by atoms with Gasteiger partial charge in [-0.15, -0.1) is 0 Å². The van der Waals surface area contributed by atoms with Crippen LogP contribution < -0.4 is 5.32 Å². The van der Waals surface area contributed by atoms with Gasteiger partial charge in [0, 0.05) is 15.1 Å². The van der Waals surface area contributed by atoms with Gasteiger partial charge in [0.1, 0.15) is 5.82 Å². The van der Waals surface area contributed by atoms with Crippen LogP contribution in [-0.4, -0.2) is 7.05 Å². The molecule has 0 saturated carbocycles. The van der Waals surface area contributed by atoms with E-state index < -0.39 is 0 Å². The Bertz CT molecular complexity index is 542. The number of hydrogen-bond donors (Lipinski definition) is 1. The van der Waals surface area contributed by atoms with E-state index in [4.69, 9.17) is 11.6 Å². The molecule has 4 heteroatoms. The number of halogens is 3. The van der Waals surface area contributed by atoms with Crippen molar-refractivity contribution in [2.24, 2.45) is 0 Å². The quantitative estimate of drug-likeness (QED) is 0.871. The van der Waals surface area contributed by atoms with E-state index in [0.29, 0.717) is 10.6 Å². The minimum Gasteiger partial charge on any atom is -0.309 e. The van der Waals surface area contributed by atoms with Crippen LogP contribution in [0.4, 0.5) is 4.39 Å². The van der Waals surface area contributed by atoms with E-state index in [2.05, 4.69) is 21.2 Å². The fourth-order valence-electron chi connectivity index (χ4n) is 1.89. The molecule has 0 amide bonds. The van der Waals surface area contributed by atoms with Gasteiger partial charge in [-0.25, -0.2) is 4.39 Å². The highest BCUT2D eigenvalue weighted by Crippen LogP contribution is 2.27. The highest BCUT2D eigenvalue weighted by molar-refractivity contribution is 9.10. The molecule has 2 aromatic rings. The Balaban J connectivity index is 2.41. The number of benzene rings is 2. The highest BCUT2D eigenvalue weighted by atomic mass is 79.9. The van der Waals surface area contributed by atoms with Crippen molar-refractivity contribution >= 4 is 27.5 Å². The molecule has 0 saturated heterocycles. The van der Waals surface area contributed by atoms with E-state index in [1.165, 1.54) is 6.07 Å². The summed E-state index contributed by atoms with van der Waals surface area (Å²) in [5.74, 6) is -0.237. The molecule has 2 aromatic carbocycles.